The van der Waals surface area contributed by atoms with E-state index in [-0.39, 0.29) is 12.6 Å². The van der Waals surface area contributed by atoms with E-state index < -0.39 is 0 Å². The summed E-state index contributed by atoms with van der Waals surface area (Å²) in [5, 5.41) is 19.3. The minimum absolute atomic E-state index is 0.221. The van der Waals surface area contributed by atoms with Crippen molar-refractivity contribution in [1.82, 2.24) is 10.2 Å². The van der Waals surface area contributed by atoms with Crippen molar-refractivity contribution >= 4 is 16.5 Å². The van der Waals surface area contributed by atoms with Gasteiger partial charge in [-0.2, -0.15) is 0 Å². The van der Waals surface area contributed by atoms with Crippen LogP contribution in [-0.2, 0) is 0 Å². The van der Waals surface area contributed by atoms with E-state index in [1.165, 1.54) is 12.8 Å². The molecular weight excluding hydrogens is 198 g/mol. The summed E-state index contributed by atoms with van der Waals surface area (Å²) < 4.78 is 0. The molecule has 1 N–H and O–H groups in total. The van der Waals surface area contributed by atoms with Gasteiger partial charge >= 0.3 is 0 Å². The molecule has 1 atom stereocenters. The maximum Gasteiger partial charge on any atom is 0.208 e. The topological polar surface area (TPSA) is 49.2 Å². The number of hydrogen-bond acceptors (Lipinski definition) is 5. The van der Waals surface area contributed by atoms with Gasteiger partial charge in [0.1, 0.15) is 5.01 Å². The highest BCUT2D eigenvalue weighted by molar-refractivity contribution is 7.15. The van der Waals surface area contributed by atoms with Crippen molar-refractivity contribution in [3.8, 4) is 0 Å². The second-order valence-electron chi connectivity index (χ2n) is 3.63. The van der Waals surface area contributed by atoms with Gasteiger partial charge in [0.25, 0.3) is 0 Å². The number of piperidine rings is 1. The third-order valence-electron chi connectivity index (χ3n) is 2.60. The zero-order chi connectivity index (χ0) is 9.97. The van der Waals surface area contributed by atoms with E-state index in [2.05, 4.69) is 15.1 Å². The molecule has 0 amide bonds. The van der Waals surface area contributed by atoms with Gasteiger partial charge in [0.2, 0.25) is 5.13 Å². The van der Waals surface area contributed by atoms with Gasteiger partial charge in [-0.25, -0.2) is 0 Å². The molecule has 1 aliphatic rings. The lowest BCUT2D eigenvalue weighted by Crippen LogP contribution is -2.41. The first-order valence-electron chi connectivity index (χ1n) is 4.99. The molecule has 5 heteroatoms. The number of aryl methyl sites for hydroxylation is 1. The number of anilines is 1. The van der Waals surface area contributed by atoms with E-state index >= 15 is 0 Å². The highest BCUT2D eigenvalue weighted by Gasteiger charge is 2.24. The van der Waals surface area contributed by atoms with Gasteiger partial charge in [-0.3, -0.25) is 0 Å². The van der Waals surface area contributed by atoms with Crippen LogP contribution in [0.2, 0.25) is 0 Å². The molecule has 14 heavy (non-hydrogen) atoms. The molecule has 0 bridgehead atoms. The third kappa shape index (κ3) is 1.88. The van der Waals surface area contributed by atoms with Crippen LogP contribution in [0.3, 0.4) is 0 Å². The molecule has 0 spiro atoms. The number of aliphatic hydroxyl groups excluding tert-OH is 1. The van der Waals surface area contributed by atoms with Gasteiger partial charge in [0.05, 0.1) is 12.6 Å². The molecule has 0 aliphatic carbocycles. The number of aliphatic hydroxyl groups is 1. The van der Waals surface area contributed by atoms with Gasteiger partial charge < -0.3 is 10.0 Å². The molecule has 0 aromatic carbocycles. The zero-order valence-corrected chi connectivity index (χ0v) is 9.13. The van der Waals surface area contributed by atoms with Crippen molar-refractivity contribution in [3.05, 3.63) is 5.01 Å². The molecule has 1 aromatic heterocycles. The Bertz CT molecular complexity index is 302. The van der Waals surface area contributed by atoms with Gasteiger partial charge in [-0.1, -0.05) is 11.3 Å². The van der Waals surface area contributed by atoms with E-state index in [1.54, 1.807) is 11.3 Å². The Morgan fingerprint density at radius 3 is 3.00 bits per heavy atom. The Morgan fingerprint density at radius 2 is 2.36 bits per heavy atom. The standard InChI is InChI=1S/C9H15N3OS/c1-7-10-11-9(14-7)12-5-3-2-4-8(12)6-13/h8,13H,2-6H2,1H3. The summed E-state index contributed by atoms with van der Waals surface area (Å²) >= 11 is 1.61. The van der Waals surface area contributed by atoms with E-state index in [1.807, 2.05) is 6.92 Å². The van der Waals surface area contributed by atoms with Gasteiger partial charge in [0.15, 0.2) is 0 Å². The second-order valence-corrected chi connectivity index (χ2v) is 4.79. The van der Waals surface area contributed by atoms with Crippen molar-refractivity contribution < 1.29 is 5.11 Å². The Balaban J connectivity index is 2.14. The van der Waals surface area contributed by atoms with Crippen molar-refractivity contribution in [2.45, 2.75) is 32.2 Å². The third-order valence-corrected chi connectivity index (χ3v) is 3.47. The predicted octanol–water partition coefficient (Wildman–Crippen LogP) is 1.20. The van der Waals surface area contributed by atoms with Crippen molar-refractivity contribution in [3.63, 3.8) is 0 Å². The summed E-state index contributed by atoms with van der Waals surface area (Å²) in [7, 11) is 0. The van der Waals surface area contributed by atoms with Crippen LogP contribution in [0.5, 0.6) is 0 Å². The monoisotopic (exact) mass is 213 g/mol. The molecule has 1 aromatic rings. The molecule has 1 saturated heterocycles. The molecule has 78 valence electrons. The molecule has 0 radical (unpaired) electrons. The molecule has 2 heterocycles. The van der Waals surface area contributed by atoms with E-state index in [0.29, 0.717) is 0 Å². The summed E-state index contributed by atoms with van der Waals surface area (Å²) in [6.07, 6.45) is 3.46. The molecule has 2 rings (SSSR count). The van der Waals surface area contributed by atoms with E-state index in [9.17, 15) is 5.11 Å². The van der Waals surface area contributed by atoms with Crippen molar-refractivity contribution in [1.29, 1.82) is 0 Å². The summed E-state index contributed by atoms with van der Waals surface area (Å²) in [6, 6.07) is 0.246. The number of hydrogen-bond donors (Lipinski definition) is 1. The van der Waals surface area contributed by atoms with Crippen LogP contribution < -0.4 is 4.90 Å². The Hall–Kier alpha value is -0.680. The van der Waals surface area contributed by atoms with Crippen LogP contribution in [0.4, 0.5) is 5.13 Å². The Labute approximate surface area is 87.6 Å². The molecule has 4 nitrogen and oxygen atoms in total. The van der Waals surface area contributed by atoms with Crippen LogP contribution in [-0.4, -0.2) is 34.5 Å². The maximum atomic E-state index is 9.24. The van der Waals surface area contributed by atoms with Gasteiger partial charge in [0, 0.05) is 6.54 Å². The number of aromatic nitrogens is 2. The van der Waals surface area contributed by atoms with Crippen LogP contribution in [0.1, 0.15) is 24.3 Å². The van der Waals surface area contributed by atoms with Gasteiger partial charge in [-0.15, -0.1) is 10.2 Å². The first-order valence-corrected chi connectivity index (χ1v) is 5.80. The summed E-state index contributed by atoms with van der Waals surface area (Å²) in [5.41, 5.74) is 0. The van der Waals surface area contributed by atoms with Crippen molar-refractivity contribution in [2.24, 2.45) is 0 Å². The fourth-order valence-corrected chi connectivity index (χ4v) is 2.63. The molecule has 1 aliphatic heterocycles. The minimum Gasteiger partial charge on any atom is -0.394 e. The SMILES string of the molecule is Cc1nnc(N2CCCCC2CO)s1. The lowest BCUT2D eigenvalue weighted by Gasteiger charge is -2.33. The quantitative estimate of drug-likeness (QED) is 0.802. The average molecular weight is 213 g/mol. The summed E-state index contributed by atoms with van der Waals surface area (Å²) in [6.45, 7) is 3.18. The summed E-state index contributed by atoms with van der Waals surface area (Å²) in [5.74, 6) is 0. The maximum absolute atomic E-state index is 9.24. The average Bonchev–Trinajstić information content (AvgIpc) is 2.65. The smallest absolute Gasteiger partial charge is 0.208 e. The largest absolute Gasteiger partial charge is 0.394 e. The molecular formula is C9H15N3OS. The molecule has 1 fully saturated rings. The van der Waals surface area contributed by atoms with Crippen LogP contribution >= 0.6 is 11.3 Å². The fraction of sp³-hybridized carbons (Fsp3) is 0.778. The van der Waals surface area contributed by atoms with Gasteiger partial charge in [-0.05, 0) is 26.2 Å². The first-order chi connectivity index (χ1) is 6.81. The van der Waals surface area contributed by atoms with Crippen LogP contribution in [0.15, 0.2) is 0 Å². The zero-order valence-electron chi connectivity index (χ0n) is 8.31. The molecule has 0 saturated carbocycles. The Morgan fingerprint density at radius 1 is 1.50 bits per heavy atom. The first kappa shape index (κ1) is 9.86. The minimum atomic E-state index is 0.221. The number of rotatable bonds is 2. The highest BCUT2D eigenvalue weighted by Crippen LogP contribution is 2.26. The van der Waals surface area contributed by atoms with Crippen LogP contribution in [0, 0.1) is 6.92 Å². The highest BCUT2D eigenvalue weighted by atomic mass is 32.1. The second kappa shape index (κ2) is 4.23. The normalized spacial score (nSPS) is 22.7. The number of nitrogens with zero attached hydrogens (tertiary/aromatic N) is 3. The van der Waals surface area contributed by atoms with E-state index in [0.717, 1.165) is 23.1 Å². The predicted molar refractivity (Wildman–Crippen MR) is 56.7 cm³/mol. The van der Waals surface area contributed by atoms with E-state index in [4.69, 9.17) is 0 Å². The summed E-state index contributed by atoms with van der Waals surface area (Å²) in [4.78, 5) is 2.19. The fourth-order valence-electron chi connectivity index (χ4n) is 1.84. The lowest BCUT2D eigenvalue weighted by atomic mass is 10.0. The lowest BCUT2D eigenvalue weighted by molar-refractivity contribution is 0.240. The van der Waals surface area contributed by atoms with Crippen molar-refractivity contribution in [2.75, 3.05) is 18.1 Å². The molecule has 1 unspecified atom stereocenters. The van der Waals surface area contributed by atoms with Crippen LogP contribution in [0.25, 0.3) is 0 Å². The Kier molecular flexibility index (Phi) is 2.98.